The zero-order chi connectivity index (χ0) is 17.9. The minimum Gasteiger partial charge on any atom is -0.494 e. The lowest BCUT2D eigenvalue weighted by Gasteiger charge is -2.11. The van der Waals surface area contributed by atoms with Crippen LogP contribution in [0.15, 0.2) is 48.5 Å². The number of carbonyl (C=O) groups excluding carboxylic acids is 1. The topological polar surface area (TPSA) is 56.8 Å². The highest BCUT2D eigenvalue weighted by Gasteiger charge is 2.06. The molecule has 2 aromatic carbocycles. The van der Waals surface area contributed by atoms with Gasteiger partial charge in [0.1, 0.15) is 12.4 Å². The molecule has 0 aliphatic rings. The van der Waals surface area contributed by atoms with Crippen LogP contribution in [0.5, 0.6) is 17.2 Å². The molecule has 0 saturated heterocycles. The van der Waals surface area contributed by atoms with Gasteiger partial charge in [-0.1, -0.05) is 25.5 Å². The maximum atomic E-state index is 12.1. The number of amides is 1. The lowest BCUT2D eigenvalue weighted by atomic mass is 10.2. The van der Waals surface area contributed by atoms with E-state index in [4.69, 9.17) is 14.2 Å². The van der Waals surface area contributed by atoms with Gasteiger partial charge in [-0.15, -0.1) is 0 Å². The van der Waals surface area contributed by atoms with E-state index in [1.54, 1.807) is 19.2 Å². The SMILES string of the molecule is CCCCOc1ccc(C(=O)NCCOc2ccccc2OC)cc1. The quantitative estimate of drug-likeness (QED) is 0.669. The number of methoxy groups -OCH3 is 1. The molecule has 1 amide bonds. The van der Waals surface area contributed by atoms with E-state index in [-0.39, 0.29) is 5.91 Å². The van der Waals surface area contributed by atoms with Crippen LogP contribution in [0.1, 0.15) is 30.1 Å². The molecule has 0 unspecified atom stereocenters. The van der Waals surface area contributed by atoms with Crippen LogP contribution >= 0.6 is 0 Å². The highest BCUT2D eigenvalue weighted by molar-refractivity contribution is 5.94. The fourth-order valence-corrected chi connectivity index (χ4v) is 2.20. The molecule has 0 heterocycles. The highest BCUT2D eigenvalue weighted by Crippen LogP contribution is 2.25. The summed E-state index contributed by atoms with van der Waals surface area (Å²) < 4.78 is 16.4. The largest absolute Gasteiger partial charge is 0.494 e. The molecule has 0 fully saturated rings. The summed E-state index contributed by atoms with van der Waals surface area (Å²) in [6, 6.07) is 14.6. The van der Waals surface area contributed by atoms with Crippen molar-refractivity contribution < 1.29 is 19.0 Å². The monoisotopic (exact) mass is 343 g/mol. The second-order valence-corrected chi connectivity index (χ2v) is 5.48. The third kappa shape index (κ3) is 6.03. The smallest absolute Gasteiger partial charge is 0.251 e. The number of nitrogens with one attached hydrogen (secondary N) is 1. The number of benzene rings is 2. The Labute approximate surface area is 148 Å². The van der Waals surface area contributed by atoms with Gasteiger partial charge in [-0.25, -0.2) is 0 Å². The third-order valence-electron chi connectivity index (χ3n) is 3.60. The van der Waals surface area contributed by atoms with Gasteiger partial charge in [-0.2, -0.15) is 0 Å². The summed E-state index contributed by atoms with van der Waals surface area (Å²) in [5.74, 6) is 1.98. The first-order chi connectivity index (χ1) is 12.2. The molecule has 1 N–H and O–H groups in total. The summed E-state index contributed by atoms with van der Waals surface area (Å²) in [5.41, 5.74) is 0.597. The fraction of sp³-hybridized carbons (Fsp3) is 0.350. The summed E-state index contributed by atoms with van der Waals surface area (Å²) in [6.45, 7) is 3.59. The summed E-state index contributed by atoms with van der Waals surface area (Å²) in [4.78, 5) is 12.1. The van der Waals surface area contributed by atoms with Gasteiger partial charge in [-0.05, 0) is 42.8 Å². The van der Waals surface area contributed by atoms with E-state index >= 15 is 0 Å². The Morgan fingerprint density at radius 2 is 1.68 bits per heavy atom. The van der Waals surface area contributed by atoms with Crippen molar-refractivity contribution in [1.82, 2.24) is 5.32 Å². The number of hydrogen-bond acceptors (Lipinski definition) is 4. The molecule has 5 heteroatoms. The van der Waals surface area contributed by atoms with Crippen LogP contribution in [-0.4, -0.2) is 32.8 Å². The average molecular weight is 343 g/mol. The normalized spacial score (nSPS) is 10.2. The van der Waals surface area contributed by atoms with Crippen molar-refractivity contribution in [2.45, 2.75) is 19.8 Å². The van der Waals surface area contributed by atoms with Crippen LogP contribution in [0.25, 0.3) is 0 Å². The van der Waals surface area contributed by atoms with Gasteiger partial charge in [0.2, 0.25) is 0 Å². The summed E-state index contributed by atoms with van der Waals surface area (Å²) in [5, 5.41) is 2.83. The van der Waals surface area contributed by atoms with Crippen molar-refractivity contribution in [3.05, 3.63) is 54.1 Å². The number of carbonyl (C=O) groups is 1. The fourth-order valence-electron chi connectivity index (χ4n) is 2.20. The first-order valence-corrected chi connectivity index (χ1v) is 8.51. The molecule has 25 heavy (non-hydrogen) atoms. The van der Waals surface area contributed by atoms with E-state index in [2.05, 4.69) is 12.2 Å². The van der Waals surface area contributed by atoms with Gasteiger partial charge in [-0.3, -0.25) is 4.79 Å². The molecule has 0 aliphatic carbocycles. The summed E-state index contributed by atoms with van der Waals surface area (Å²) in [6.07, 6.45) is 2.12. The molecule has 0 spiro atoms. The first kappa shape index (κ1) is 18.6. The molecule has 2 aromatic rings. The lowest BCUT2D eigenvalue weighted by Crippen LogP contribution is -2.28. The van der Waals surface area contributed by atoms with Crippen molar-refractivity contribution in [1.29, 1.82) is 0 Å². The van der Waals surface area contributed by atoms with Crippen molar-refractivity contribution >= 4 is 5.91 Å². The van der Waals surface area contributed by atoms with Crippen LogP contribution in [-0.2, 0) is 0 Å². The Morgan fingerprint density at radius 3 is 2.36 bits per heavy atom. The zero-order valence-corrected chi connectivity index (χ0v) is 14.8. The van der Waals surface area contributed by atoms with E-state index in [1.165, 1.54) is 0 Å². The Hall–Kier alpha value is -2.69. The van der Waals surface area contributed by atoms with E-state index < -0.39 is 0 Å². The molecule has 2 rings (SSSR count). The Kier molecular flexibility index (Phi) is 7.63. The van der Waals surface area contributed by atoms with E-state index in [0.717, 1.165) is 18.6 Å². The number of hydrogen-bond donors (Lipinski definition) is 1. The first-order valence-electron chi connectivity index (χ1n) is 8.51. The minimum atomic E-state index is -0.135. The highest BCUT2D eigenvalue weighted by atomic mass is 16.5. The van der Waals surface area contributed by atoms with E-state index in [1.807, 2.05) is 36.4 Å². The molecular formula is C20H25NO4. The maximum Gasteiger partial charge on any atom is 0.251 e. The molecule has 5 nitrogen and oxygen atoms in total. The third-order valence-corrected chi connectivity index (χ3v) is 3.60. The van der Waals surface area contributed by atoms with Crippen molar-refractivity contribution in [3.8, 4) is 17.2 Å². The van der Waals surface area contributed by atoms with Crippen LogP contribution in [0.2, 0.25) is 0 Å². The Bertz CT molecular complexity index is 655. The molecule has 134 valence electrons. The average Bonchev–Trinajstić information content (AvgIpc) is 2.66. The van der Waals surface area contributed by atoms with Gasteiger partial charge in [0.15, 0.2) is 11.5 Å². The summed E-state index contributed by atoms with van der Waals surface area (Å²) >= 11 is 0. The second kappa shape index (κ2) is 10.2. The maximum absolute atomic E-state index is 12.1. The van der Waals surface area contributed by atoms with E-state index in [9.17, 15) is 4.79 Å². The van der Waals surface area contributed by atoms with Crippen LogP contribution < -0.4 is 19.5 Å². The number of ether oxygens (including phenoxy) is 3. The predicted octanol–water partition coefficient (Wildman–Crippen LogP) is 3.68. The van der Waals surface area contributed by atoms with Crippen LogP contribution in [0.3, 0.4) is 0 Å². The Balaban J connectivity index is 1.74. The molecule has 0 aromatic heterocycles. The van der Waals surface area contributed by atoms with Gasteiger partial charge >= 0.3 is 0 Å². The predicted molar refractivity (Wildman–Crippen MR) is 97.7 cm³/mol. The molecule has 0 aliphatic heterocycles. The molecule has 0 saturated carbocycles. The second-order valence-electron chi connectivity index (χ2n) is 5.48. The Morgan fingerprint density at radius 1 is 0.960 bits per heavy atom. The standard InChI is InChI=1S/C20H25NO4/c1-3-4-14-24-17-11-9-16(10-12-17)20(22)21-13-15-25-19-8-6-5-7-18(19)23-2/h5-12H,3-4,13-15H2,1-2H3,(H,21,22). The zero-order valence-electron chi connectivity index (χ0n) is 14.8. The minimum absolute atomic E-state index is 0.135. The van der Waals surface area contributed by atoms with Crippen molar-refractivity contribution in [2.24, 2.45) is 0 Å². The van der Waals surface area contributed by atoms with Gasteiger partial charge in [0, 0.05) is 5.56 Å². The number of unbranched alkanes of at least 4 members (excludes halogenated alkanes) is 1. The lowest BCUT2D eigenvalue weighted by molar-refractivity contribution is 0.0947. The van der Waals surface area contributed by atoms with Gasteiger partial charge < -0.3 is 19.5 Å². The van der Waals surface area contributed by atoms with Crippen molar-refractivity contribution in [2.75, 3.05) is 26.9 Å². The number of para-hydroxylation sites is 2. The molecule has 0 atom stereocenters. The molecular weight excluding hydrogens is 318 g/mol. The number of rotatable bonds is 10. The summed E-state index contributed by atoms with van der Waals surface area (Å²) in [7, 11) is 1.60. The van der Waals surface area contributed by atoms with Crippen LogP contribution in [0.4, 0.5) is 0 Å². The van der Waals surface area contributed by atoms with Crippen LogP contribution in [0, 0.1) is 0 Å². The molecule has 0 bridgehead atoms. The van der Waals surface area contributed by atoms with Gasteiger partial charge in [0.05, 0.1) is 20.3 Å². The molecule has 0 radical (unpaired) electrons. The van der Waals surface area contributed by atoms with Crippen molar-refractivity contribution in [3.63, 3.8) is 0 Å². The van der Waals surface area contributed by atoms with E-state index in [0.29, 0.717) is 36.8 Å². The van der Waals surface area contributed by atoms with Gasteiger partial charge in [0.25, 0.3) is 5.91 Å².